The van der Waals surface area contributed by atoms with Gasteiger partial charge in [0.1, 0.15) is 6.54 Å². The zero-order chi connectivity index (χ0) is 13.4. The lowest BCUT2D eigenvalue weighted by Gasteiger charge is -2.13. The molecule has 1 heterocycles. The monoisotopic (exact) mass is 248 g/mol. The second-order valence-corrected chi connectivity index (χ2v) is 3.81. The number of nitrogens with one attached hydrogen (secondary N) is 2. The molecule has 0 spiro atoms. The number of carbonyl (C=O) groups is 1. The van der Waals surface area contributed by atoms with Crippen LogP contribution in [0.5, 0.6) is 5.88 Å². The topological polar surface area (TPSA) is 87.0 Å². The Morgan fingerprint density at radius 2 is 2.39 bits per heavy atom. The Balaban J connectivity index is 2.56. The number of ether oxygens (including phenoxy) is 1. The van der Waals surface area contributed by atoms with Gasteiger partial charge in [0.2, 0.25) is 11.8 Å². The van der Waals surface area contributed by atoms with E-state index in [-0.39, 0.29) is 25.1 Å². The van der Waals surface area contributed by atoms with Crippen molar-refractivity contribution in [3.63, 3.8) is 0 Å². The van der Waals surface area contributed by atoms with Crippen LogP contribution in [0.25, 0.3) is 0 Å². The van der Waals surface area contributed by atoms with Crippen LogP contribution >= 0.6 is 0 Å². The van der Waals surface area contributed by atoms with Gasteiger partial charge in [-0.15, -0.1) is 0 Å². The number of aromatic nitrogens is 1. The van der Waals surface area contributed by atoms with E-state index in [4.69, 9.17) is 10.00 Å². The molecule has 6 nitrogen and oxygen atoms in total. The van der Waals surface area contributed by atoms with E-state index in [1.165, 1.54) is 0 Å². The van der Waals surface area contributed by atoms with Crippen molar-refractivity contribution in [2.45, 2.75) is 20.0 Å². The van der Waals surface area contributed by atoms with Crippen LogP contribution in [-0.2, 0) is 4.79 Å². The van der Waals surface area contributed by atoms with Gasteiger partial charge in [-0.2, -0.15) is 5.26 Å². The van der Waals surface area contributed by atoms with Crippen molar-refractivity contribution in [2.75, 3.05) is 18.4 Å². The van der Waals surface area contributed by atoms with E-state index in [1.807, 2.05) is 19.9 Å². The summed E-state index contributed by atoms with van der Waals surface area (Å²) in [4.78, 5) is 15.4. The summed E-state index contributed by atoms with van der Waals surface area (Å²) in [7, 11) is 0. The number of rotatable bonds is 6. The average molecular weight is 248 g/mol. The Morgan fingerprint density at radius 1 is 1.61 bits per heavy atom. The minimum atomic E-state index is -0.254. The van der Waals surface area contributed by atoms with Gasteiger partial charge in [0.05, 0.1) is 24.4 Å². The standard InChI is InChI=1S/C12H16N4O2/c1-9(2)18-12-10(4-3-6-15-12)16-8-11(17)14-7-5-13/h3-4,6,9,16H,7-8H2,1-2H3,(H,14,17). The number of amides is 1. The molecule has 96 valence electrons. The number of nitrogens with zero attached hydrogens (tertiary/aromatic N) is 2. The molecule has 2 N–H and O–H groups in total. The van der Waals surface area contributed by atoms with Gasteiger partial charge < -0.3 is 15.4 Å². The molecule has 1 aromatic rings. The Hall–Kier alpha value is -2.29. The Labute approximate surface area is 106 Å². The number of hydrogen-bond donors (Lipinski definition) is 2. The first-order chi connectivity index (χ1) is 8.63. The molecule has 1 amide bonds. The molecule has 0 radical (unpaired) electrons. The van der Waals surface area contributed by atoms with Crippen molar-refractivity contribution >= 4 is 11.6 Å². The minimum absolute atomic E-state index is 0.00288. The molecule has 0 bridgehead atoms. The van der Waals surface area contributed by atoms with Crippen molar-refractivity contribution in [3.05, 3.63) is 18.3 Å². The van der Waals surface area contributed by atoms with Crippen LogP contribution in [0.1, 0.15) is 13.8 Å². The Morgan fingerprint density at radius 3 is 3.06 bits per heavy atom. The lowest BCUT2D eigenvalue weighted by Crippen LogP contribution is -2.30. The van der Waals surface area contributed by atoms with E-state index in [1.54, 1.807) is 18.3 Å². The highest BCUT2D eigenvalue weighted by molar-refractivity contribution is 5.81. The SMILES string of the molecule is CC(C)Oc1ncccc1NCC(=O)NCC#N. The maximum Gasteiger partial charge on any atom is 0.240 e. The number of carbonyl (C=O) groups excluding carboxylic acids is 1. The molecule has 0 aromatic carbocycles. The first-order valence-electron chi connectivity index (χ1n) is 5.62. The van der Waals surface area contributed by atoms with Crippen molar-refractivity contribution in [1.29, 1.82) is 5.26 Å². The summed E-state index contributed by atoms with van der Waals surface area (Å²) in [6.07, 6.45) is 1.63. The van der Waals surface area contributed by atoms with Gasteiger partial charge in [-0.3, -0.25) is 4.79 Å². The number of hydrogen-bond acceptors (Lipinski definition) is 5. The van der Waals surface area contributed by atoms with Crippen LogP contribution in [-0.4, -0.2) is 30.1 Å². The van der Waals surface area contributed by atoms with Crippen molar-refractivity contribution in [3.8, 4) is 11.9 Å². The van der Waals surface area contributed by atoms with E-state index in [0.717, 1.165) is 0 Å². The fourth-order valence-electron chi connectivity index (χ4n) is 1.22. The summed E-state index contributed by atoms with van der Waals surface area (Å²) in [6, 6.07) is 5.37. The smallest absolute Gasteiger partial charge is 0.240 e. The fraction of sp³-hybridized carbons (Fsp3) is 0.417. The predicted molar refractivity (Wildman–Crippen MR) is 67.1 cm³/mol. The van der Waals surface area contributed by atoms with Crippen molar-refractivity contribution in [1.82, 2.24) is 10.3 Å². The summed E-state index contributed by atoms with van der Waals surface area (Å²) in [5.74, 6) is 0.205. The Kier molecular flexibility index (Phi) is 5.45. The first kappa shape index (κ1) is 13.8. The number of nitriles is 1. The lowest BCUT2D eigenvalue weighted by molar-refractivity contribution is -0.119. The Bertz CT molecular complexity index is 440. The van der Waals surface area contributed by atoms with E-state index in [0.29, 0.717) is 11.6 Å². The largest absolute Gasteiger partial charge is 0.473 e. The number of pyridine rings is 1. The lowest BCUT2D eigenvalue weighted by atomic mass is 10.4. The number of anilines is 1. The quantitative estimate of drug-likeness (QED) is 0.731. The molecule has 0 atom stereocenters. The molecular weight excluding hydrogens is 232 g/mol. The highest BCUT2D eigenvalue weighted by Gasteiger charge is 2.07. The van der Waals surface area contributed by atoms with Crippen LogP contribution in [0.3, 0.4) is 0 Å². The third-order valence-electron chi connectivity index (χ3n) is 1.92. The van der Waals surface area contributed by atoms with E-state index >= 15 is 0 Å². The molecule has 0 aliphatic heterocycles. The molecule has 1 rings (SSSR count). The van der Waals surface area contributed by atoms with Crippen LogP contribution in [0.2, 0.25) is 0 Å². The summed E-state index contributed by atoms with van der Waals surface area (Å²) in [5, 5.41) is 13.7. The van der Waals surface area contributed by atoms with Crippen LogP contribution in [0, 0.1) is 11.3 Å². The second kappa shape index (κ2) is 7.12. The van der Waals surface area contributed by atoms with E-state index in [9.17, 15) is 4.79 Å². The molecule has 0 unspecified atom stereocenters. The first-order valence-corrected chi connectivity index (χ1v) is 5.62. The second-order valence-electron chi connectivity index (χ2n) is 3.81. The molecule has 0 saturated heterocycles. The van der Waals surface area contributed by atoms with Gasteiger partial charge in [-0.1, -0.05) is 0 Å². The summed E-state index contributed by atoms with van der Waals surface area (Å²) < 4.78 is 5.50. The molecule has 1 aromatic heterocycles. The van der Waals surface area contributed by atoms with Gasteiger partial charge >= 0.3 is 0 Å². The van der Waals surface area contributed by atoms with Gasteiger partial charge in [-0.25, -0.2) is 4.98 Å². The molecule has 0 aliphatic rings. The third-order valence-corrected chi connectivity index (χ3v) is 1.92. The molecule has 18 heavy (non-hydrogen) atoms. The van der Waals surface area contributed by atoms with Crippen LogP contribution in [0.4, 0.5) is 5.69 Å². The highest BCUT2D eigenvalue weighted by Crippen LogP contribution is 2.21. The summed E-state index contributed by atoms with van der Waals surface area (Å²) in [5.41, 5.74) is 0.651. The molecule has 0 fully saturated rings. The van der Waals surface area contributed by atoms with E-state index in [2.05, 4.69) is 15.6 Å². The minimum Gasteiger partial charge on any atom is -0.473 e. The maximum absolute atomic E-state index is 11.3. The summed E-state index contributed by atoms with van der Waals surface area (Å²) >= 11 is 0. The molecular formula is C12H16N4O2. The zero-order valence-corrected chi connectivity index (χ0v) is 10.4. The fourth-order valence-corrected chi connectivity index (χ4v) is 1.22. The predicted octanol–water partition coefficient (Wildman–Crippen LogP) is 0.920. The highest BCUT2D eigenvalue weighted by atomic mass is 16.5. The van der Waals surface area contributed by atoms with Crippen LogP contribution in [0.15, 0.2) is 18.3 Å². The average Bonchev–Trinajstić information content (AvgIpc) is 2.34. The van der Waals surface area contributed by atoms with Crippen LogP contribution < -0.4 is 15.4 Å². The summed E-state index contributed by atoms with van der Waals surface area (Å²) in [6.45, 7) is 3.88. The van der Waals surface area contributed by atoms with Gasteiger partial charge in [0.25, 0.3) is 0 Å². The molecule has 6 heteroatoms. The van der Waals surface area contributed by atoms with Gasteiger partial charge in [0.15, 0.2) is 0 Å². The van der Waals surface area contributed by atoms with E-state index < -0.39 is 0 Å². The molecule has 0 aliphatic carbocycles. The maximum atomic E-state index is 11.3. The zero-order valence-electron chi connectivity index (χ0n) is 10.4. The van der Waals surface area contributed by atoms with Crippen molar-refractivity contribution in [2.24, 2.45) is 0 Å². The third kappa shape index (κ3) is 4.70. The van der Waals surface area contributed by atoms with Gasteiger partial charge in [-0.05, 0) is 26.0 Å². The van der Waals surface area contributed by atoms with Gasteiger partial charge in [0, 0.05) is 6.20 Å². The molecule has 0 saturated carbocycles. The van der Waals surface area contributed by atoms with Crippen molar-refractivity contribution < 1.29 is 9.53 Å². The normalized spacial score (nSPS) is 9.67.